The summed E-state index contributed by atoms with van der Waals surface area (Å²) < 4.78 is 0. The molecule has 0 saturated carbocycles. The summed E-state index contributed by atoms with van der Waals surface area (Å²) in [7, 11) is 1.30. The zero-order chi connectivity index (χ0) is 56.3. The van der Waals surface area contributed by atoms with Crippen LogP contribution in [0.5, 0.6) is 5.75 Å². The first kappa shape index (κ1) is 59.0. The molecule has 0 bridgehead atoms. The Morgan fingerprint density at radius 2 is 1.27 bits per heavy atom. The summed E-state index contributed by atoms with van der Waals surface area (Å²) in [6, 6.07) is 15.6. The summed E-state index contributed by atoms with van der Waals surface area (Å²) in [5.41, 5.74) is 8.14. The van der Waals surface area contributed by atoms with Crippen LogP contribution < -0.4 is 37.6 Å². The standard InChI is InChI=1S/C54H65N9O14/c1-4-5-14-44(52(74)61-41(27-47(68)69)51(73)62-43(54(76)77)25-32-15-18-33-10-6-7-11-34(33)23-32)63(3)53(75)42(26-35-28-56-39-13-9-8-12-37(35)39)59-45(65)29-57-50(72)40(24-31-16-19-36(64)20-17-31)60-48(70)30(2)58-49(71)38(55)21-22-46(66)67/h6-13,15-20,23,28,30,38,40-44,56,64H,4-5,14,21-22,24-27,29,55H2,1-3H3,(H,57,72)(H,58,71)(H,59,65)(H,60,70)(H,61,74)(H,62,73)(H,66,67)(H,68,69)(H,76,77)/t30-,38+,40-,41-,42-,43-,44-/m0/s1. The number of aromatic amines is 1. The Kier molecular flexibility index (Phi) is 21.6. The molecule has 0 radical (unpaired) electrons. The lowest BCUT2D eigenvalue weighted by molar-refractivity contribution is -0.145. The van der Waals surface area contributed by atoms with Gasteiger partial charge in [-0.05, 0) is 65.4 Å². The largest absolute Gasteiger partial charge is 0.508 e. The molecule has 0 spiro atoms. The molecule has 23 heteroatoms. The van der Waals surface area contributed by atoms with E-state index in [1.165, 1.54) is 38.2 Å². The highest BCUT2D eigenvalue weighted by Gasteiger charge is 2.36. The van der Waals surface area contributed by atoms with E-state index in [0.29, 0.717) is 40.4 Å². The molecular weight excluding hydrogens is 999 g/mol. The van der Waals surface area contributed by atoms with Crippen LogP contribution >= 0.6 is 0 Å². The maximum Gasteiger partial charge on any atom is 0.326 e. The van der Waals surface area contributed by atoms with Crippen LogP contribution in [0.4, 0.5) is 0 Å². The van der Waals surface area contributed by atoms with Crippen molar-refractivity contribution in [2.24, 2.45) is 5.73 Å². The number of aromatic nitrogens is 1. The van der Waals surface area contributed by atoms with Crippen molar-refractivity contribution >= 4 is 80.9 Å². The van der Waals surface area contributed by atoms with Gasteiger partial charge in [0.25, 0.3) is 0 Å². The highest BCUT2D eigenvalue weighted by atomic mass is 16.4. The number of aliphatic carboxylic acids is 3. The summed E-state index contributed by atoms with van der Waals surface area (Å²) in [5, 5.41) is 56.0. The SMILES string of the molecule is CCCC[C@@H](C(=O)N[C@@H](CC(=O)O)C(=O)N[C@@H](Cc1ccc2ccccc2c1)C(=O)O)N(C)C(=O)[C@H](Cc1c[nH]c2ccccc12)NC(=O)CNC(=O)[C@H](Cc1ccc(O)cc1)NC(=O)[C@H](C)NC(=O)[C@H](N)CCC(=O)O. The van der Waals surface area contributed by atoms with E-state index in [4.69, 9.17) is 10.8 Å². The van der Waals surface area contributed by atoms with Crippen molar-refractivity contribution in [1.82, 2.24) is 41.8 Å². The average Bonchev–Trinajstić information content (AvgIpc) is 3.81. The number of benzene rings is 4. The van der Waals surface area contributed by atoms with E-state index in [1.807, 2.05) is 31.2 Å². The number of nitrogens with one attached hydrogen (secondary N) is 7. The number of amides is 7. The molecule has 1 aromatic heterocycles. The van der Waals surface area contributed by atoms with Crippen molar-refractivity contribution in [2.45, 2.75) is 114 Å². The highest BCUT2D eigenvalue weighted by Crippen LogP contribution is 2.22. The van der Waals surface area contributed by atoms with Gasteiger partial charge in [0.15, 0.2) is 0 Å². The van der Waals surface area contributed by atoms with Gasteiger partial charge in [-0.1, -0.05) is 92.6 Å². The molecule has 0 unspecified atom stereocenters. The van der Waals surface area contributed by atoms with Gasteiger partial charge in [-0.15, -0.1) is 0 Å². The number of phenolic OH excluding ortho intramolecular Hbond substituents is 1. The number of aromatic hydroxyl groups is 1. The monoisotopic (exact) mass is 1060 g/mol. The Morgan fingerprint density at radius 1 is 0.636 bits per heavy atom. The lowest BCUT2D eigenvalue weighted by Gasteiger charge is -2.32. The fourth-order valence-corrected chi connectivity index (χ4v) is 8.45. The van der Waals surface area contributed by atoms with Gasteiger partial charge in [0.1, 0.15) is 42.0 Å². The molecule has 23 nitrogen and oxygen atoms in total. The third-order valence-corrected chi connectivity index (χ3v) is 12.8. The number of carbonyl (C=O) groups excluding carboxylic acids is 7. The van der Waals surface area contributed by atoms with Crippen LogP contribution in [0.15, 0.2) is 97.2 Å². The molecule has 7 amide bonds. The zero-order valence-electron chi connectivity index (χ0n) is 42.7. The molecule has 1 heterocycles. The third-order valence-electron chi connectivity index (χ3n) is 12.8. The molecule has 77 heavy (non-hydrogen) atoms. The number of unbranched alkanes of at least 4 members (excludes halogenated alkanes) is 1. The van der Waals surface area contributed by atoms with Crippen LogP contribution in [0.2, 0.25) is 0 Å². The lowest BCUT2D eigenvalue weighted by Crippen LogP contribution is -2.59. The third kappa shape index (κ3) is 17.6. The molecule has 0 aliphatic heterocycles. The van der Waals surface area contributed by atoms with Gasteiger partial charge in [0.2, 0.25) is 41.4 Å². The van der Waals surface area contributed by atoms with Crippen molar-refractivity contribution in [3.05, 3.63) is 114 Å². The topological polar surface area (TPSA) is 369 Å². The fourth-order valence-electron chi connectivity index (χ4n) is 8.45. The molecule has 7 atom stereocenters. The van der Waals surface area contributed by atoms with E-state index in [9.17, 15) is 63.3 Å². The number of carboxylic acids is 3. The number of H-pyrrole nitrogens is 1. The quantitative estimate of drug-likeness (QED) is 0.0322. The van der Waals surface area contributed by atoms with Gasteiger partial charge < -0.3 is 67.9 Å². The minimum atomic E-state index is -1.78. The Hall–Kier alpha value is -8.86. The van der Waals surface area contributed by atoms with Gasteiger partial charge >= 0.3 is 17.9 Å². The number of hydrogen-bond donors (Lipinski definition) is 12. The van der Waals surface area contributed by atoms with Gasteiger partial charge in [0, 0.05) is 49.8 Å². The molecule has 13 N–H and O–H groups in total. The predicted octanol–water partition coefficient (Wildman–Crippen LogP) is 1.38. The van der Waals surface area contributed by atoms with Crippen LogP contribution in [0.1, 0.15) is 69.1 Å². The lowest BCUT2D eigenvalue weighted by atomic mass is 10.0. The van der Waals surface area contributed by atoms with Crippen LogP contribution in [0, 0.1) is 0 Å². The maximum atomic E-state index is 14.7. The first-order chi connectivity index (χ1) is 36.6. The van der Waals surface area contributed by atoms with Gasteiger partial charge in [-0.25, -0.2) is 4.79 Å². The molecule has 410 valence electrons. The van der Waals surface area contributed by atoms with Crippen molar-refractivity contribution in [3.8, 4) is 5.75 Å². The molecule has 0 saturated heterocycles. The summed E-state index contributed by atoms with van der Waals surface area (Å²) in [4.78, 5) is 136. The van der Waals surface area contributed by atoms with E-state index >= 15 is 0 Å². The maximum absolute atomic E-state index is 14.7. The molecule has 0 aliphatic rings. The second kappa shape index (κ2) is 28.2. The van der Waals surface area contributed by atoms with Crippen LogP contribution in [-0.2, 0) is 67.2 Å². The first-order valence-corrected chi connectivity index (χ1v) is 24.9. The van der Waals surface area contributed by atoms with Crippen molar-refractivity contribution in [2.75, 3.05) is 13.6 Å². The van der Waals surface area contributed by atoms with Crippen LogP contribution in [0.3, 0.4) is 0 Å². The normalized spacial score (nSPS) is 13.8. The predicted molar refractivity (Wildman–Crippen MR) is 281 cm³/mol. The second-order valence-electron chi connectivity index (χ2n) is 18.7. The average molecular weight is 1060 g/mol. The number of likely N-dealkylation sites (N-methyl/N-ethyl adjacent to an activating group) is 1. The Balaban J connectivity index is 1.34. The number of para-hydroxylation sites is 1. The van der Waals surface area contributed by atoms with Crippen LogP contribution in [0.25, 0.3) is 21.7 Å². The number of fused-ring (bicyclic) bond motifs is 2. The fraction of sp³-hybridized carbons (Fsp3) is 0.370. The molecular formula is C54H65N9O14. The molecule has 5 aromatic rings. The number of carboxylic acid groups (broad SMARTS) is 3. The van der Waals surface area contributed by atoms with E-state index < -0.39 is 121 Å². The van der Waals surface area contributed by atoms with Crippen molar-refractivity contribution in [1.29, 1.82) is 0 Å². The summed E-state index contributed by atoms with van der Waals surface area (Å²) in [5.74, 6) is -10.3. The number of nitrogens with zero attached hydrogens (tertiary/aromatic N) is 1. The Morgan fingerprint density at radius 3 is 1.95 bits per heavy atom. The summed E-state index contributed by atoms with van der Waals surface area (Å²) in [6.07, 6.45) is 0.560. The van der Waals surface area contributed by atoms with E-state index in [-0.39, 0.29) is 37.9 Å². The van der Waals surface area contributed by atoms with Crippen molar-refractivity contribution in [3.63, 3.8) is 0 Å². The number of hydrogen-bond acceptors (Lipinski definition) is 12. The molecule has 0 fully saturated rings. The summed E-state index contributed by atoms with van der Waals surface area (Å²) in [6.45, 7) is 2.40. The Labute approximate surface area is 442 Å². The molecule has 4 aromatic carbocycles. The van der Waals surface area contributed by atoms with E-state index in [0.717, 1.165) is 15.7 Å². The van der Waals surface area contributed by atoms with Crippen LogP contribution in [-0.4, -0.2) is 145 Å². The number of carbonyl (C=O) groups is 10. The summed E-state index contributed by atoms with van der Waals surface area (Å²) >= 11 is 0. The molecule has 0 aliphatic carbocycles. The van der Waals surface area contributed by atoms with E-state index in [1.54, 1.807) is 48.7 Å². The van der Waals surface area contributed by atoms with Gasteiger partial charge in [-0.3, -0.25) is 43.2 Å². The number of nitrogens with two attached hydrogens (primary N) is 1. The number of phenols is 1. The minimum Gasteiger partial charge on any atom is -0.508 e. The first-order valence-electron chi connectivity index (χ1n) is 24.9. The smallest absolute Gasteiger partial charge is 0.326 e. The Bertz CT molecular complexity index is 2940. The molecule has 5 rings (SSSR count). The van der Waals surface area contributed by atoms with E-state index in [2.05, 4.69) is 36.9 Å². The van der Waals surface area contributed by atoms with Gasteiger partial charge in [-0.2, -0.15) is 0 Å². The highest BCUT2D eigenvalue weighted by molar-refractivity contribution is 5.98. The zero-order valence-corrected chi connectivity index (χ0v) is 42.7. The van der Waals surface area contributed by atoms with Crippen molar-refractivity contribution < 1.29 is 68.4 Å². The number of rotatable bonds is 29. The second-order valence-corrected chi connectivity index (χ2v) is 18.7. The van der Waals surface area contributed by atoms with Gasteiger partial charge in [0.05, 0.1) is 19.0 Å². The minimum absolute atomic E-state index is 0.0173.